The second-order valence-electron chi connectivity index (χ2n) is 7.01. The summed E-state index contributed by atoms with van der Waals surface area (Å²) in [5.41, 5.74) is 1.74. The van der Waals surface area contributed by atoms with Crippen LogP contribution in [0, 0.1) is 13.8 Å². The first-order valence-electron chi connectivity index (χ1n) is 9.24. The fourth-order valence-electron chi connectivity index (χ4n) is 3.16. The van der Waals surface area contributed by atoms with Crippen LogP contribution in [0.1, 0.15) is 22.3 Å². The van der Waals surface area contributed by atoms with Crippen LogP contribution in [-0.2, 0) is 20.5 Å². The summed E-state index contributed by atoms with van der Waals surface area (Å²) in [6.07, 6.45) is -4.52. The second kappa shape index (κ2) is 8.31. The number of nitrogens with one attached hydrogen (secondary N) is 1. The van der Waals surface area contributed by atoms with E-state index >= 15 is 0 Å². The summed E-state index contributed by atoms with van der Waals surface area (Å²) >= 11 is 0. The fraction of sp³-hybridized carbons (Fsp3) is 0.273. The molecule has 1 aliphatic heterocycles. The summed E-state index contributed by atoms with van der Waals surface area (Å²) in [4.78, 5) is 27.0. The Kier molecular flexibility index (Phi) is 5.98. The first-order valence-corrected chi connectivity index (χ1v) is 9.24. The molecule has 30 heavy (non-hydrogen) atoms. The Labute approximate surface area is 172 Å². The molecule has 0 radical (unpaired) electrons. The highest BCUT2D eigenvalue weighted by Crippen LogP contribution is 2.34. The molecule has 2 aromatic rings. The summed E-state index contributed by atoms with van der Waals surface area (Å²) in [7, 11) is 1.45. The topological polar surface area (TPSA) is 58.6 Å². The molecule has 0 saturated heterocycles. The summed E-state index contributed by atoms with van der Waals surface area (Å²) in [6, 6.07) is 9.83. The number of anilines is 1. The zero-order valence-electron chi connectivity index (χ0n) is 16.8. The Bertz CT molecular complexity index is 1030. The predicted molar refractivity (Wildman–Crippen MR) is 106 cm³/mol. The summed E-state index contributed by atoms with van der Waals surface area (Å²) in [5, 5.41) is 2.75. The molecule has 1 N–H and O–H groups in total. The molecule has 1 aliphatic rings. The van der Waals surface area contributed by atoms with Crippen LogP contribution in [0.25, 0.3) is 5.57 Å². The maximum atomic E-state index is 13.1. The quantitative estimate of drug-likeness (QED) is 0.716. The molecule has 0 saturated carbocycles. The van der Waals surface area contributed by atoms with Crippen molar-refractivity contribution in [1.82, 2.24) is 4.90 Å². The maximum Gasteiger partial charge on any atom is 0.416 e. The summed E-state index contributed by atoms with van der Waals surface area (Å²) < 4.78 is 44.2. The number of carbonyl (C=O) groups is 2. The van der Waals surface area contributed by atoms with E-state index in [1.165, 1.54) is 19.2 Å². The molecule has 0 aliphatic carbocycles. The number of carbonyl (C=O) groups excluding carboxylic acids is 2. The van der Waals surface area contributed by atoms with Crippen LogP contribution in [0.4, 0.5) is 18.9 Å². The van der Waals surface area contributed by atoms with Gasteiger partial charge in [-0.2, -0.15) is 13.2 Å². The molecule has 0 atom stereocenters. The first kappa shape index (κ1) is 21.6. The van der Waals surface area contributed by atoms with Crippen LogP contribution >= 0.6 is 0 Å². The molecule has 0 bridgehead atoms. The lowest BCUT2D eigenvalue weighted by molar-refractivity contribution is -0.138. The number of halogens is 3. The van der Waals surface area contributed by atoms with Crippen molar-refractivity contribution in [2.24, 2.45) is 0 Å². The zero-order valence-corrected chi connectivity index (χ0v) is 16.8. The lowest BCUT2D eigenvalue weighted by Crippen LogP contribution is -2.35. The molecule has 2 amide bonds. The van der Waals surface area contributed by atoms with Gasteiger partial charge in [-0.15, -0.1) is 0 Å². The molecule has 0 unspecified atom stereocenters. The molecule has 158 valence electrons. The van der Waals surface area contributed by atoms with Crippen molar-refractivity contribution < 1.29 is 27.5 Å². The maximum absolute atomic E-state index is 13.1. The number of hydrogen-bond donors (Lipinski definition) is 1. The van der Waals surface area contributed by atoms with E-state index in [2.05, 4.69) is 5.32 Å². The average Bonchev–Trinajstić information content (AvgIpc) is 2.92. The Morgan fingerprint density at radius 2 is 1.73 bits per heavy atom. The Hall–Kier alpha value is -3.13. The molecule has 0 fully saturated rings. The van der Waals surface area contributed by atoms with Gasteiger partial charge >= 0.3 is 6.18 Å². The van der Waals surface area contributed by atoms with Crippen LogP contribution in [0.5, 0.6) is 0 Å². The highest BCUT2D eigenvalue weighted by atomic mass is 19.4. The highest BCUT2D eigenvalue weighted by molar-refractivity contribution is 6.36. The van der Waals surface area contributed by atoms with Crippen LogP contribution < -0.4 is 5.32 Å². The van der Waals surface area contributed by atoms with Gasteiger partial charge in [-0.3, -0.25) is 14.5 Å². The minimum Gasteiger partial charge on any atom is -0.383 e. The largest absolute Gasteiger partial charge is 0.416 e. The molecule has 5 nitrogen and oxygen atoms in total. The smallest absolute Gasteiger partial charge is 0.383 e. The Morgan fingerprint density at radius 3 is 2.37 bits per heavy atom. The lowest BCUT2D eigenvalue weighted by Gasteiger charge is -2.15. The number of benzene rings is 2. The van der Waals surface area contributed by atoms with Crippen molar-refractivity contribution in [3.05, 3.63) is 70.4 Å². The standard InChI is InChI=1S/C22H21F3N2O3/c1-13-7-8-15(11-14(13)2)18-19(21(29)27(20(18)28)9-10-30-3)26-17-6-4-5-16(12-17)22(23,24)25/h4-8,11-12,26H,9-10H2,1-3H3. The van der Waals surface area contributed by atoms with Crippen molar-refractivity contribution in [3.8, 4) is 0 Å². The van der Waals surface area contributed by atoms with E-state index in [-0.39, 0.29) is 30.1 Å². The van der Waals surface area contributed by atoms with Gasteiger partial charge in [0.1, 0.15) is 5.70 Å². The van der Waals surface area contributed by atoms with Gasteiger partial charge in [-0.05, 0) is 48.7 Å². The second-order valence-corrected chi connectivity index (χ2v) is 7.01. The summed E-state index contributed by atoms with van der Waals surface area (Å²) in [5.74, 6) is -1.13. The number of aryl methyl sites for hydroxylation is 2. The van der Waals surface area contributed by atoms with Gasteiger partial charge in [-0.1, -0.05) is 24.3 Å². The third-order valence-corrected chi connectivity index (χ3v) is 4.94. The number of methoxy groups -OCH3 is 1. The van der Waals surface area contributed by atoms with Crippen molar-refractivity contribution in [2.75, 3.05) is 25.6 Å². The number of amides is 2. The SMILES string of the molecule is COCCN1C(=O)C(Nc2cccc(C(F)(F)F)c2)=C(c2ccc(C)c(C)c2)C1=O. The van der Waals surface area contributed by atoms with Gasteiger partial charge in [-0.25, -0.2) is 0 Å². The van der Waals surface area contributed by atoms with Gasteiger partial charge in [0.15, 0.2) is 0 Å². The van der Waals surface area contributed by atoms with E-state index in [4.69, 9.17) is 4.74 Å². The van der Waals surface area contributed by atoms with Gasteiger partial charge < -0.3 is 10.1 Å². The van der Waals surface area contributed by atoms with E-state index in [0.29, 0.717) is 5.56 Å². The summed E-state index contributed by atoms with van der Waals surface area (Å²) in [6.45, 7) is 3.98. The number of ether oxygens (including phenoxy) is 1. The van der Waals surface area contributed by atoms with E-state index in [1.54, 1.807) is 12.1 Å². The van der Waals surface area contributed by atoms with Crippen LogP contribution in [0.2, 0.25) is 0 Å². The number of rotatable bonds is 6. The van der Waals surface area contributed by atoms with Gasteiger partial charge in [0, 0.05) is 12.8 Å². The molecule has 2 aromatic carbocycles. The molecule has 3 rings (SSSR count). The predicted octanol–water partition coefficient (Wildman–Crippen LogP) is 4.16. The fourth-order valence-corrected chi connectivity index (χ4v) is 3.16. The Balaban J connectivity index is 2.07. The number of hydrogen-bond acceptors (Lipinski definition) is 4. The highest BCUT2D eigenvalue weighted by Gasteiger charge is 2.39. The first-order chi connectivity index (χ1) is 14.1. The minimum absolute atomic E-state index is 0.0380. The number of nitrogens with zero attached hydrogens (tertiary/aromatic N) is 1. The van der Waals surface area contributed by atoms with Gasteiger partial charge in [0.05, 0.1) is 24.3 Å². The third-order valence-electron chi connectivity index (χ3n) is 4.94. The van der Waals surface area contributed by atoms with E-state index in [9.17, 15) is 22.8 Å². The molecular weight excluding hydrogens is 397 g/mol. The van der Waals surface area contributed by atoms with Crippen LogP contribution in [0.3, 0.4) is 0 Å². The van der Waals surface area contributed by atoms with Crippen LogP contribution in [0.15, 0.2) is 48.2 Å². The van der Waals surface area contributed by atoms with E-state index in [0.717, 1.165) is 28.2 Å². The zero-order chi connectivity index (χ0) is 22.1. The molecule has 0 aromatic heterocycles. The van der Waals surface area contributed by atoms with Gasteiger partial charge in [0.25, 0.3) is 11.8 Å². The van der Waals surface area contributed by atoms with Crippen LogP contribution in [-0.4, -0.2) is 37.0 Å². The average molecular weight is 418 g/mol. The van der Waals surface area contributed by atoms with Crippen molar-refractivity contribution in [2.45, 2.75) is 20.0 Å². The van der Waals surface area contributed by atoms with Crippen molar-refractivity contribution >= 4 is 23.1 Å². The van der Waals surface area contributed by atoms with E-state index < -0.39 is 23.6 Å². The molecule has 8 heteroatoms. The number of alkyl halides is 3. The van der Waals surface area contributed by atoms with Crippen molar-refractivity contribution in [3.63, 3.8) is 0 Å². The molecule has 1 heterocycles. The lowest BCUT2D eigenvalue weighted by atomic mass is 9.99. The monoisotopic (exact) mass is 418 g/mol. The Morgan fingerprint density at radius 1 is 1.00 bits per heavy atom. The van der Waals surface area contributed by atoms with Crippen molar-refractivity contribution in [1.29, 1.82) is 0 Å². The normalized spacial score (nSPS) is 14.7. The molecular formula is C22H21F3N2O3. The van der Waals surface area contributed by atoms with E-state index in [1.807, 2.05) is 19.9 Å². The third kappa shape index (κ3) is 4.23. The number of imide groups is 1. The van der Waals surface area contributed by atoms with Gasteiger partial charge in [0.2, 0.25) is 0 Å². The molecule has 0 spiro atoms. The minimum atomic E-state index is -4.52.